The van der Waals surface area contributed by atoms with E-state index < -0.39 is 0 Å². The van der Waals surface area contributed by atoms with E-state index >= 15 is 0 Å². The summed E-state index contributed by atoms with van der Waals surface area (Å²) in [5.74, 6) is 0. The van der Waals surface area contributed by atoms with Crippen LogP contribution in [0.1, 0.15) is 37.5 Å². The van der Waals surface area contributed by atoms with Gasteiger partial charge in [0.1, 0.15) is 0 Å². The predicted molar refractivity (Wildman–Crippen MR) is 82.2 cm³/mol. The van der Waals surface area contributed by atoms with E-state index in [1.807, 2.05) is 6.07 Å². The van der Waals surface area contributed by atoms with Gasteiger partial charge in [0.05, 0.1) is 4.92 Å². The summed E-state index contributed by atoms with van der Waals surface area (Å²) in [6.07, 6.45) is 5.83. The summed E-state index contributed by atoms with van der Waals surface area (Å²) in [5.41, 5.74) is 5.94. The Bertz CT molecular complexity index is 455. The molecule has 2 N–H and O–H groups in total. The van der Waals surface area contributed by atoms with Crippen LogP contribution in [0.2, 0.25) is 0 Å². The van der Waals surface area contributed by atoms with E-state index in [0.29, 0.717) is 6.54 Å². The van der Waals surface area contributed by atoms with E-state index in [1.165, 1.54) is 37.0 Å². The van der Waals surface area contributed by atoms with E-state index in [-0.39, 0.29) is 15.5 Å². The van der Waals surface area contributed by atoms with Crippen molar-refractivity contribution in [3.05, 3.63) is 27.1 Å². The van der Waals surface area contributed by atoms with Crippen LogP contribution in [0.15, 0.2) is 12.1 Å². The number of nitrogens with two attached hydrogens (primary N) is 1. The number of thiophene rings is 1. The van der Waals surface area contributed by atoms with Gasteiger partial charge in [-0.05, 0) is 38.9 Å². The zero-order chi connectivity index (χ0) is 14.6. The zero-order valence-electron chi connectivity index (χ0n) is 12.0. The molecule has 0 aliphatic carbocycles. The lowest BCUT2D eigenvalue weighted by Gasteiger charge is -2.40. The van der Waals surface area contributed by atoms with Gasteiger partial charge >= 0.3 is 5.00 Å². The van der Waals surface area contributed by atoms with Gasteiger partial charge in [0.25, 0.3) is 0 Å². The van der Waals surface area contributed by atoms with Crippen molar-refractivity contribution >= 4 is 16.3 Å². The summed E-state index contributed by atoms with van der Waals surface area (Å²) < 4.78 is 0. The van der Waals surface area contributed by atoms with Crippen molar-refractivity contribution in [1.29, 1.82) is 0 Å². The highest BCUT2D eigenvalue weighted by atomic mass is 32.1. The fourth-order valence-corrected chi connectivity index (χ4v) is 3.86. The molecule has 1 saturated heterocycles. The van der Waals surface area contributed by atoms with Crippen LogP contribution in [-0.2, 0) is 6.42 Å². The molecule has 0 aromatic carbocycles. The molecule has 6 heteroatoms. The predicted octanol–water partition coefficient (Wildman–Crippen LogP) is 2.79. The molecular formula is C14H23N3O2S. The summed E-state index contributed by atoms with van der Waals surface area (Å²) >= 11 is 1.27. The van der Waals surface area contributed by atoms with Crippen LogP contribution in [-0.4, -0.2) is 35.0 Å². The third-order valence-electron chi connectivity index (χ3n) is 4.19. The number of hydrogen-bond acceptors (Lipinski definition) is 5. The van der Waals surface area contributed by atoms with Gasteiger partial charge in [0, 0.05) is 29.4 Å². The molecular weight excluding hydrogens is 274 g/mol. The smallest absolute Gasteiger partial charge is 0.324 e. The van der Waals surface area contributed by atoms with E-state index in [1.54, 1.807) is 6.07 Å². The number of likely N-dealkylation sites (tertiary alicyclic amines) is 1. The van der Waals surface area contributed by atoms with Crippen molar-refractivity contribution < 1.29 is 4.92 Å². The summed E-state index contributed by atoms with van der Waals surface area (Å²) in [7, 11) is 0. The molecule has 0 radical (unpaired) electrons. The van der Waals surface area contributed by atoms with Gasteiger partial charge in [-0.2, -0.15) is 0 Å². The van der Waals surface area contributed by atoms with Gasteiger partial charge in [-0.15, -0.1) is 0 Å². The van der Waals surface area contributed by atoms with E-state index in [9.17, 15) is 10.1 Å². The fraction of sp³-hybridized carbons (Fsp3) is 0.714. The highest BCUT2D eigenvalue weighted by Gasteiger charge is 2.32. The molecule has 1 aromatic rings. The second kappa shape index (κ2) is 6.65. The first-order chi connectivity index (χ1) is 9.55. The second-order valence-electron chi connectivity index (χ2n) is 5.78. The maximum Gasteiger partial charge on any atom is 0.324 e. The topological polar surface area (TPSA) is 72.4 Å². The molecule has 0 spiro atoms. The van der Waals surface area contributed by atoms with E-state index in [2.05, 4.69) is 11.8 Å². The largest absolute Gasteiger partial charge is 0.329 e. The Morgan fingerprint density at radius 2 is 2.00 bits per heavy atom. The summed E-state index contributed by atoms with van der Waals surface area (Å²) in [6, 6.07) is 3.47. The SMILES string of the molecule is CC(CN)(Cc1ccc([N+](=O)[O-])s1)N1CCCCCC1. The third-order valence-corrected chi connectivity index (χ3v) is 5.23. The lowest BCUT2D eigenvalue weighted by atomic mass is 9.94. The highest BCUT2D eigenvalue weighted by molar-refractivity contribution is 7.15. The molecule has 1 aliphatic heterocycles. The van der Waals surface area contributed by atoms with Gasteiger partial charge < -0.3 is 5.73 Å². The molecule has 20 heavy (non-hydrogen) atoms. The van der Waals surface area contributed by atoms with E-state index in [0.717, 1.165) is 24.4 Å². The van der Waals surface area contributed by atoms with Crippen molar-refractivity contribution in [3.8, 4) is 0 Å². The molecule has 5 nitrogen and oxygen atoms in total. The Morgan fingerprint density at radius 3 is 2.50 bits per heavy atom. The maximum absolute atomic E-state index is 10.8. The molecule has 0 amide bonds. The molecule has 2 rings (SSSR count). The van der Waals surface area contributed by atoms with Gasteiger partial charge in [0.2, 0.25) is 0 Å². The molecule has 1 aromatic heterocycles. The minimum absolute atomic E-state index is 0.0942. The van der Waals surface area contributed by atoms with Crippen molar-refractivity contribution in [3.63, 3.8) is 0 Å². The third kappa shape index (κ3) is 3.56. The van der Waals surface area contributed by atoms with Crippen LogP contribution in [0.5, 0.6) is 0 Å². The van der Waals surface area contributed by atoms with Gasteiger partial charge in [-0.1, -0.05) is 24.2 Å². The lowest BCUT2D eigenvalue weighted by molar-refractivity contribution is -0.380. The van der Waals surface area contributed by atoms with Crippen LogP contribution in [0, 0.1) is 10.1 Å². The molecule has 0 saturated carbocycles. The van der Waals surface area contributed by atoms with E-state index in [4.69, 9.17) is 5.73 Å². The Balaban J connectivity index is 2.10. The summed E-state index contributed by atoms with van der Waals surface area (Å²) in [4.78, 5) is 14.0. The van der Waals surface area contributed by atoms with Crippen LogP contribution < -0.4 is 5.73 Å². The minimum atomic E-state index is -0.320. The normalized spacial score (nSPS) is 20.3. The molecule has 2 heterocycles. The Morgan fingerprint density at radius 1 is 1.35 bits per heavy atom. The number of rotatable bonds is 5. The zero-order valence-corrected chi connectivity index (χ0v) is 12.8. The standard InChI is InChI=1S/C14H23N3O2S/c1-14(11-15,16-8-4-2-3-5-9-16)10-12-6-7-13(20-12)17(18)19/h6-7H,2-5,8-11,15H2,1H3. The molecule has 1 fully saturated rings. The molecule has 112 valence electrons. The van der Waals surface area contributed by atoms with Crippen LogP contribution in [0.25, 0.3) is 0 Å². The van der Waals surface area contributed by atoms with Crippen molar-refractivity contribution in [2.75, 3.05) is 19.6 Å². The molecule has 1 atom stereocenters. The number of nitro groups is 1. The van der Waals surface area contributed by atoms with Crippen LogP contribution in [0.4, 0.5) is 5.00 Å². The van der Waals surface area contributed by atoms with Crippen LogP contribution >= 0.6 is 11.3 Å². The monoisotopic (exact) mass is 297 g/mol. The molecule has 0 bridgehead atoms. The molecule has 1 unspecified atom stereocenters. The highest BCUT2D eigenvalue weighted by Crippen LogP contribution is 2.30. The molecule has 1 aliphatic rings. The first-order valence-corrected chi connectivity index (χ1v) is 8.05. The second-order valence-corrected chi connectivity index (χ2v) is 6.92. The first kappa shape index (κ1) is 15.4. The van der Waals surface area contributed by atoms with Gasteiger partial charge in [0.15, 0.2) is 0 Å². The van der Waals surface area contributed by atoms with Crippen molar-refractivity contribution in [1.82, 2.24) is 4.90 Å². The van der Waals surface area contributed by atoms with Crippen molar-refractivity contribution in [2.45, 2.75) is 44.6 Å². The Hall–Kier alpha value is -0.980. The summed E-state index contributed by atoms with van der Waals surface area (Å²) in [5, 5.41) is 11.0. The van der Waals surface area contributed by atoms with Gasteiger partial charge in [-0.3, -0.25) is 15.0 Å². The summed E-state index contributed by atoms with van der Waals surface area (Å²) in [6.45, 7) is 4.94. The van der Waals surface area contributed by atoms with Crippen molar-refractivity contribution in [2.24, 2.45) is 5.73 Å². The fourth-order valence-electron chi connectivity index (χ4n) is 2.86. The quantitative estimate of drug-likeness (QED) is 0.670. The number of nitrogens with zero attached hydrogens (tertiary/aromatic N) is 2. The first-order valence-electron chi connectivity index (χ1n) is 7.23. The minimum Gasteiger partial charge on any atom is -0.329 e. The Labute approximate surface area is 123 Å². The number of hydrogen-bond donors (Lipinski definition) is 1. The van der Waals surface area contributed by atoms with Crippen LogP contribution in [0.3, 0.4) is 0 Å². The average Bonchev–Trinajstić information content (AvgIpc) is 2.72. The average molecular weight is 297 g/mol. The Kier molecular flexibility index (Phi) is 5.12. The maximum atomic E-state index is 10.8. The van der Waals surface area contributed by atoms with Gasteiger partial charge in [-0.25, -0.2) is 0 Å². The lowest BCUT2D eigenvalue weighted by Crippen LogP contribution is -2.53.